The Bertz CT molecular complexity index is 106. The van der Waals surface area contributed by atoms with Crippen molar-refractivity contribution in [1.82, 2.24) is 5.32 Å². The quantitative estimate of drug-likeness (QED) is 0.561. The molecule has 0 rings (SSSR count). The van der Waals surface area contributed by atoms with Gasteiger partial charge in [0.1, 0.15) is 0 Å². The van der Waals surface area contributed by atoms with E-state index in [1.54, 1.807) is 0 Å². The van der Waals surface area contributed by atoms with Gasteiger partial charge in [0.15, 0.2) is 0 Å². The summed E-state index contributed by atoms with van der Waals surface area (Å²) in [5, 5.41) is 2.60. The van der Waals surface area contributed by atoms with Gasteiger partial charge in [-0.15, -0.1) is 0 Å². The molecule has 0 spiro atoms. The molecule has 0 saturated heterocycles. The summed E-state index contributed by atoms with van der Waals surface area (Å²) in [6.07, 6.45) is 0.652. The molecule has 52 valence electrons. The normalized spacial score (nSPS) is 8.56. The van der Waals surface area contributed by atoms with Gasteiger partial charge in [0.05, 0.1) is 0 Å². The molecule has 3 heteroatoms. The minimum Gasteiger partial charge on any atom is -0.402 e. The zero-order valence-electron chi connectivity index (χ0n) is 5.61. The summed E-state index contributed by atoms with van der Waals surface area (Å²) < 4.78 is 0. The van der Waals surface area contributed by atoms with Crippen LogP contribution in [0.2, 0.25) is 0 Å². The summed E-state index contributed by atoms with van der Waals surface area (Å²) in [7, 11) is 0. The maximum atomic E-state index is 10.2. The van der Waals surface area contributed by atoms with Crippen LogP contribution in [-0.4, -0.2) is 12.5 Å². The zero-order valence-corrected chi connectivity index (χ0v) is 5.61. The number of nitrogens with one attached hydrogen (secondary N) is 1. The molecule has 3 nitrogen and oxygen atoms in total. The van der Waals surface area contributed by atoms with Gasteiger partial charge in [-0.3, -0.25) is 4.79 Å². The topological polar surface area (TPSA) is 55.1 Å². The van der Waals surface area contributed by atoms with Crippen LogP contribution in [0.1, 0.15) is 13.3 Å². The molecule has 0 aromatic heterocycles. The average molecular weight is 128 g/mol. The van der Waals surface area contributed by atoms with E-state index >= 15 is 0 Å². The maximum absolute atomic E-state index is 10.2. The summed E-state index contributed by atoms with van der Waals surface area (Å²) in [5.41, 5.74) is 5.83. The van der Waals surface area contributed by atoms with E-state index in [1.165, 1.54) is 6.92 Å². The molecule has 0 aliphatic carbocycles. The van der Waals surface area contributed by atoms with Crippen molar-refractivity contribution in [1.29, 1.82) is 0 Å². The molecular formula is C6H12N2O. The van der Waals surface area contributed by atoms with E-state index in [4.69, 9.17) is 5.73 Å². The van der Waals surface area contributed by atoms with Crippen molar-refractivity contribution < 1.29 is 4.79 Å². The summed E-state index contributed by atoms with van der Waals surface area (Å²) in [5.74, 6) is -0.0312. The fourth-order valence-electron chi connectivity index (χ4n) is 0.399. The van der Waals surface area contributed by atoms with Crippen LogP contribution in [0.5, 0.6) is 0 Å². The fourth-order valence-corrected chi connectivity index (χ4v) is 0.399. The number of nitrogens with two attached hydrogens (primary N) is 1. The lowest BCUT2D eigenvalue weighted by molar-refractivity contribution is -0.118. The van der Waals surface area contributed by atoms with E-state index in [2.05, 4.69) is 11.9 Å². The first-order chi connectivity index (χ1) is 4.13. The van der Waals surface area contributed by atoms with Crippen molar-refractivity contribution in [2.45, 2.75) is 13.3 Å². The lowest BCUT2D eigenvalue weighted by atomic mass is 10.3. The Labute approximate surface area is 54.9 Å². The predicted octanol–water partition coefficient (Wildman–Crippen LogP) is -0.0150. The molecule has 0 unspecified atom stereocenters. The summed E-state index contributed by atoms with van der Waals surface area (Å²) in [6.45, 7) is 5.54. The number of carbonyl (C=O) groups is 1. The third kappa shape index (κ3) is 7.01. The number of rotatable bonds is 3. The Morgan fingerprint density at radius 3 is 2.67 bits per heavy atom. The van der Waals surface area contributed by atoms with Crippen molar-refractivity contribution in [2.24, 2.45) is 5.73 Å². The van der Waals surface area contributed by atoms with E-state index < -0.39 is 0 Å². The first-order valence-corrected chi connectivity index (χ1v) is 2.80. The van der Waals surface area contributed by atoms with Gasteiger partial charge in [-0.05, 0) is 0 Å². The minimum absolute atomic E-state index is 0.0312. The van der Waals surface area contributed by atoms with E-state index in [0.717, 1.165) is 0 Å². The van der Waals surface area contributed by atoms with Crippen molar-refractivity contribution in [3.63, 3.8) is 0 Å². The number of carbonyl (C=O) groups excluding carboxylic acids is 1. The minimum atomic E-state index is -0.0312. The van der Waals surface area contributed by atoms with E-state index in [-0.39, 0.29) is 5.91 Å². The molecule has 0 aromatic rings. The van der Waals surface area contributed by atoms with Crippen LogP contribution < -0.4 is 11.1 Å². The van der Waals surface area contributed by atoms with Gasteiger partial charge in [0, 0.05) is 25.6 Å². The summed E-state index contributed by atoms with van der Waals surface area (Å²) >= 11 is 0. The fraction of sp³-hybridized carbons (Fsp3) is 0.500. The van der Waals surface area contributed by atoms with Crippen molar-refractivity contribution >= 4 is 5.91 Å². The highest BCUT2D eigenvalue weighted by atomic mass is 16.1. The number of hydrogen-bond donors (Lipinski definition) is 2. The average Bonchev–Trinajstić information content (AvgIpc) is 1.63. The Morgan fingerprint density at radius 1 is 1.78 bits per heavy atom. The smallest absolute Gasteiger partial charge is 0.216 e. The van der Waals surface area contributed by atoms with Crippen LogP contribution in [0.4, 0.5) is 0 Å². The Kier molecular flexibility index (Phi) is 3.51. The monoisotopic (exact) mass is 128 g/mol. The van der Waals surface area contributed by atoms with Crippen LogP contribution in [0.3, 0.4) is 0 Å². The highest BCUT2D eigenvalue weighted by Gasteiger charge is 1.89. The molecule has 0 radical (unpaired) electrons. The molecular weight excluding hydrogens is 116 g/mol. The highest BCUT2D eigenvalue weighted by molar-refractivity contribution is 5.72. The van der Waals surface area contributed by atoms with Gasteiger partial charge < -0.3 is 11.1 Å². The van der Waals surface area contributed by atoms with Crippen molar-refractivity contribution in [2.75, 3.05) is 6.54 Å². The van der Waals surface area contributed by atoms with E-state index in [9.17, 15) is 4.79 Å². The number of hydrogen-bond acceptors (Lipinski definition) is 2. The second kappa shape index (κ2) is 3.95. The predicted molar refractivity (Wildman–Crippen MR) is 36.6 cm³/mol. The molecule has 1 amide bonds. The first kappa shape index (κ1) is 8.01. The first-order valence-electron chi connectivity index (χ1n) is 2.80. The Hall–Kier alpha value is -0.990. The summed E-state index contributed by atoms with van der Waals surface area (Å²) in [6, 6.07) is 0. The molecule has 0 aliphatic heterocycles. The molecule has 0 saturated carbocycles. The third-order valence-electron chi connectivity index (χ3n) is 0.820. The van der Waals surface area contributed by atoms with Crippen LogP contribution in [0.25, 0.3) is 0 Å². The lowest BCUT2D eigenvalue weighted by Crippen LogP contribution is -2.21. The second-order valence-corrected chi connectivity index (χ2v) is 1.89. The molecule has 0 bridgehead atoms. The second-order valence-electron chi connectivity index (χ2n) is 1.89. The van der Waals surface area contributed by atoms with Gasteiger partial charge in [0.25, 0.3) is 0 Å². The highest BCUT2D eigenvalue weighted by Crippen LogP contribution is 1.82. The van der Waals surface area contributed by atoms with E-state index in [1.807, 2.05) is 0 Å². The van der Waals surface area contributed by atoms with Crippen LogP contribution in [-0.2, 0) is 4.79 Å². The summed E-state index contributed by atoms with van der Waals surface area (Å²) in [4.78, 5) is 10.2. The third-order valence-corrected chi connectivity index (χ3v) is 0.820. The zero-order chi connectivity index (χ0) is 7.28. The van der Waals surface area contributed by atoms with Crippen molar-refractivity contribution in [3.8, 4) is 0 Å². The van der Waals surface area contributed by atoms with Crippen LogP contribution in [0, 0.1) is 0 Å². The molecule has 9 heavy (non-hydrogen) atoms. The lowest BCUT2D eigenvalue weighted by Gasteiger charge is -1.99. The van der Waals surface area contributed by atoms with Gasteiger partial charge in [-0.25, -0.2) is 0 Å². The molecule has 3 N–H and O–H groups in total. The van der Waals surface area contributed by atoms with Gasteiger partial charge in [-0.1, -0.05) is 6.58 Å². The van der Waals surface area contributed by atoms with Crippen LogP contribution in [0.15, 0.2) is 12.3 Å². The Balaban J connectivity index is 3.10. The molecule has 0 fully saturated rings. The Morgan fingerprint density at radius 2 is 2.33 bits per heavy atom. The SMILES string of the molecule is C=C(N)CCNC(C)=O. The van der Waals surface area contributed by atoms with Gasteiger partial charge in [-0.2, -0.15) is 0 Å². The van der Waals surface area contributed by atoms with Gasteiger partial charge >= 0.3 is 0 Å². The standard InChI is InChI=1S/C6H12N2O/c1-5(7)3-4-8-6(2)9/h1,3-4,7H2,2H3,(H,8,9). The van der Waals surface area contributed by atoms with Crippen molar-refractivity contribution in [3.05, 3.63) is 12.3 Å². The number of amides is 1. The molecule has 0 aromatic carbocycles. The van der Waals surface area contributed by atoms with Gasteiger partial charge in [0.2, 0.25) is 5.91 Å². The molecule has 0 atom stereocenters. The molecule has 0 heterocycles. The maximum Gasteiger partial charge on any atom is 0.216 e. The molecule has 0 aliphatic rings. The van der Waals surface area contributed by atoms with Crippen LogP contribution >= 0.6 is 0 Å². The van der Waals surface area contributed by atoms with E-state index in [0.29, 0.717) is 18.7 Å². The largest absolute Gasteiger partial charge is 0.402 e.